The van der Waals surface area contributed by atoms with Gasteiger partial charge in [0.15, 0.2) is 0 Å². The summed E-state index contributed by atoms with van der Waals surface area (Å²) in [4.78, 5) is 22.1. The van der Waals surface area contributed by atoms with Gasteiger partial charge in [0.25, 0.3) is 5.56 Å². The van der Waals surface area contributed by atoms with Crippen LogP contribution in [-0.2, 0) is 10.0 Å². The smallest absolute Gasteiger partial charge is 0.258 e. The molecule has 176 valence electrons. The number of aliphatic hydroxyl groups is 1. The third kappa shape index (κ3) is 4.38. The van der Waals surface area contributed by atoms with E-state index in [0.29, 0.717) is 55.8 Å². The Hall–Kier alpha value is -2.11. The maximum Gasteiger partial charge on any atom is 0.258 e. The average molecular weight is 468 g/mol. The van der Waals surface area contributed by atoms with Gasteiger partial charge < -0.3 is 10.4 Å². The molecule has 0 amide bonds. The zero-order chi connectivity index (χ0) is 23.3. The fourth-order valence-corrected chi connectivity index (χ4v) is 5.71. The van der Waals surface area contributed by atoms with Crippen molar-refractivity contribution < 1.29 is 17.9 Å². The van der Waals surface area contributed by atoms with Crippen molar-refractivity contribution in [1.29, 1.82) is 0 Å². The minimum Gasteiger partial charge on any atom is -0.388 e. The molecule has 9 nitrogen and oxygen atoms in total. The number of alkyl halides is 1. The number of fused-ring (bicyclic) bond motifs is 1. The van der Waals surface area contributed by atoms with E-state index in [2.05, 4.69) is 15.3 Å². The van der Waals surface area contributed by atoms with Gasteiger partial charge in [0, 0.05) is 30.7 Å². The predicted octanol–water partition coefficient (Wildman–Crippen LogP) is 2.13. The van der Waals surface area contributed by atoms with Gasteiger partial charge in [-0.1, -0.05) is 0 Å². The Morgan fingerprint density at radius 3 is 2.56 bits per heavy atom. The number of halogens is 1. The van der Waals surface area contributed by atoms with Crippen LogP contribution in [0, 0.1) is 0 Å². The highest BCUT2D eigenvalue weighted by Crippen LogP contribution is 2.39. The Morgan fingerprint density at radius 1 is 1.31 bits per heavy atom. The van der Waals surface area contributed by atoms with Crippen molar-refractivity contribution in [2.45, 2.75) is 69.8 Å². The predicted molar refractivity (Wildman–Crippen MR) is 120 cm³/mol. The summed E-state index contributed by atoms with van der Waals surface area (Å²) in [5.41, 5.74) is -1.19. The number of aromatic nitrogens is 3. The third-order valence-corrected chi connectivity index (χ3v) is 7.98. The molecule has 11 heteroatoms. The van der Waals surface area contributed by atoms with Crippen molar-refractivity contribution in [3.05, 3.63) is 28.2 Å². The number of nitrogens with zero attached hydrogens (tertiary/aromatic N) is 4. The lowest BCUT2D eigenvalue weighted by molar-refractivity contribution is 0.0265. The lowest BCUT2D eigenvalue weighted by Crippen LogP contribution is -2.42. The maximum atomic E-state index is 14.2. The van der Waals surface area contributed by atoms with E-state index in [1.54, 1.807) is 13.1 Å². The molecule has 0 spiro atoms. The molecule has 1 saturated heterocycles. The molecule has 2 aliphatic rings. The van der Waals surface area contributed by atoms with Gasteiger partial charge in [0.2, 0.25) is 16.0 Å². The van der Waals surface area contributed by atoms with Crippen molar-refractivity contribution in [3.8, 4) is 0 Å². The first-order chi connectivity index (χ1) is 15.0. The molecule has 3 heterocycles. The van der Waals surface area contributed by atoms with Crippen LogP contribution in [0.5, 0.6) is 0 Å². The highest BCUT2D eigenvalue weighted by Gasteiger charge is 2.40. The Balaban J connectivity index is 1.70. The summed E-state index contributed by atoms with van der Waals surface area (Å²) in [6.45, 7) is 3.85. The van der Waals surface area contributed by atoms with Crippen LogP contribution in [0.25, 0.3) is 11.0 Å². The van der Waals surface area contributed by atoms with E-state index in [4.69, 9.17) is 0 Å². The molecule has 0 radical (unpaired) electrons. The monoisotopic (exact) mass is 467 g/mol. The van der Waals surface area contributed by atoms with E-state index in [0.717, 1.165) is 6.42 Å². The minimum absolute atomic E-state index is 0.00894. The number of hydrogen-bond acceptors (Lipinski definition) is 7. The highest BCUT2D eigenvalue weighted by atomic mass is 32.2. The number of sulfonamides is 1. The number of pyridine rings is 1. The van der Waals surface area contributed by atoms with Crippen LogP contribution in [0.2, 0.25) is 0 Å². The molecule has 1 unspecified atom stereocenters. The van der Waals surface area contributed by atoms with Crippen LogP contribution in [0.3, 0.4) is 0 Å². The standard InChI is InChI=1S/C21H30FN5O4S/c1-13(22)16-11-14-12-23-20(24-15-6-9-26(10-7-15)32(3,30)31)25-18(14)27(19(16)28)17-5-4-8-21(17,2)29/h11-13,15,17,29H,4-10H2,1-3H3,(H,23,24,25)/t13?,17-,21-/m1/s1. The van der Waals surface area contributed by atoms with Crippen molar-refractivity contribution in [1.82, 2.24) is 18.8 Å². The Morgan fingerprint density at radius 2 is 2.00 bits per heavy atom. The summed E-state index contributed by atoms with van der Waals surface area (Å²) < 4.78 is 40.5. The van der Waals surface area contributed by atoms with Crippen LogP contribution < -0.4 is 10.9 Å². The first kappa shape index (κ1) is 23.1. The fraction of sp³-hybridized carbons (Fsp3) is 0.667. The third-order valence-electron chi connectivity index (χ3n) is 6.68. The normalized spacial score (nSPS) is 26.5. The van der Waals surface area contributed by atoms with Gasteiger partial charge >= 0.3 is 0 Å². The molecular weight excluding hydrogens is 437 g/mol. The van der Waals surface area contributed by atoms with Crippen LogP contribution in [0.4, 0.5) is 10.3 Å². The van der Waals surface area contributed by atoms with E-state index in [1.807, 2.05) is 0 Å². The van der Waals surface area contributed by atoms with Crippen molar-refractivity contribution in [2.24, 2.45) is 0 Å². The molecular formula is C21H30FN5O4S. The lowest BCUT2D eigenvalue weighted by Gasteiger charge is -2.31. The number of piperidine rings is 1. The van der Waals surface area contributed by atoms with Gasteiger partial charge in [0.05, 0.1) is 23.5 Å². The summed E-state index contributed by atoms with van der Waals surface area (Å²) in [5, 5.41) is 14.7. The van der Waals surface area contributed by atoms with Crippen molar-refractivity contribution >= 4 is 27.0 Å². The largest absolute Gasteiger partial charge is 0.388 e. The first-order valence-corrected chi connectivity index (χ1v) is 12.8. The molecule has 2 fully saturated rings. The van der Waals surface area contributed by atoms with Gasteiger partial charge in [-0.15, -0.1) is 0 Å². The summed E-state index contributed by atoms with van der Waals surface area (Å²) in [5.74, 6) is 0.321. The van der Waals surface area contributed by atoms with Crippen LogP contribution >= 0.6 is 0 Å². The second-order valence-corrected chi connectivity index (χ2v) is 11.2. The quantitative estimate of drug-likeness (QED) is 0.692. The van der Waals surface area contributed by atoms with Gasteiger partial charge in [-0.05, 0) is 52.0 Å². The van der Waals surface area contributed by atoms with Gasteiger partial charge in [-0.25, -0.2) is 22.1 Å². The number of anilines is 1. The van der Waals surface area contributed by atoms with E-state index in [-0.39, 0.29) is 11.6 Å². The minimum atomic E-state index is -3.21. The van der Waals surface area contributed by atoms with E-state index in [9.17, 15) is 22.7 Å². The van der Waals surface area contributed by atoms with Crippen molar-refractivity contribution in [2.75, 3.05) is 24.7 Å². The zero-order valence-corrected chi connectivity index (χ0v) is 19.4. The first-order valence-electron chi connectivity index (χ1n) is 11.0. The molecule has 2 N–H and O–H groups in total. The Labute approximate surface area is 186 Å². The maximum absolute atomic E-state index is 14.2. The summed E-state index contributed by atoms with van der Waals surface area (Å²) >= 11 is 0. The zero-order valence-electron chi connectivity index (χ0n) is 18.6. The van der Waals surface area contributed by atoms with Crippen LogP contribution in [0.15, 0.2) is 17.1 Å². The molecule has 2 aromatic rings. The molecule has 4 rings (SSSR count). The highest BCUT2D eigenvalue weighted by molar-refractivity contribution is 7.88. The van der Waals surface area contributed by atoms with Crippen LogP contribution in [0.1, 0.15) is 63.7 Å². The number of hydrogen-bond donors (Lipinski definition) is 2. The summed E-state index contributed by atoms with van der Waals surface area (Å²) in [6, 6.07) is 0.971. The molecule has 1 aliphatic heterocycles. The molecule has 0 bridgehead atoms. The van der Waals surface area contributed by atoms with Crippen LogP contribution in [-0.4, -0.2) is 63.4 Å². The van der Waals surface area contributed by atoms with E-state index < -0.39 is 33.4 Å². The summed E-state index contributed by atoms with van der Waals surface area (Å²) in [6.07, 6.45) is 4.43. The molecule has 1 saturated carbocycles. The molecule has 0 aromatic carbocycles. The van der Waals surface area contributed by atoms with Gasteiger partial charge in [0.1, 0.15) is 11.8 Å². The summed E-state index contributed by atoms with van der Waals surface area (Å²) in [7, 11) is -3.21. The molecule has 32 heavy (non-hydrogen) atoms. The van der Waals surface area contributed by atoms with E-state index in [1.165, 1.54) is 28.1 Å². The lowest BCUT2D eigenvalue weighted by atomic mass is 9.99. The van der Waals surface area contributed by atoms with E-state index >= 15 is 0 Å². The Kier molecular flexibility index (Phi) is 6.01. The molecule has 1 aliphatic carbocycles. The second-order valence-electron chi connectivity index (χ2n) is 9.21. The number of nitrogens with one attached hydrogen (secondary N) is 1. The average Bonchev–Trinajstić information content (AvgIpc) is 3.05. The second kappa shape index (κ2) is 8.35. The number of rotatable bonds is 5. The van der Waals surface area contributed by atoms with Crippen molar-refractivity contribution in [3.63, 3.8) is 0 Å². The molecule has 2 aromatic heterocycles. The molecule has 3 atom stereocenters. The Bertz CT molecular complexity index is 1170. The SMILES string of the molecule is CC(F)c1cc2cnc(NC3CCN(S(C)(=O)=O)CC3)nc2n([C@@H]2CCC[C@@]2(C)O)c1=O. The van der Waals surface area contributed by atoms with Gasteiger partial charge in [-0.2, -0.15) is 4.98 Å². The topological polar surface area (TPSA) is 117 Å². The van der Waals surface area contributed by atoms with Gasteiger partial charge in [-0.3, -0.25) is 9.36 Å². The fourth-order valence-electron chi connectivity index (χ4n) is 4.84.